The quantitative estimate of drug-likeness (QED) is 0.690. The molecule has 3 nitrogen and oxygen atoms in total. The molecule has 76 valence electrons. The van der Waals surface area contributed by atoms with E-state index in [0.29, 0.717) is 12.8 Å². The predicted molar refractivity (Wildman–Crippen MR) is 51.2 cm³/mol. The van der Waals surface area contributed by atoms with Gasteiger partial charge in [-0.05, 0) is 12.3 Å². The van der Waals surface area contributed by atoms with E-state index in [2.05, 4.69) is 0 Å². The van der Waals surface area contributed by atoms with E-state index in [1.807, 2.05) is 13.8 Å². The lowest BCUT2D eigenvalue weighted by Crippen LogP contribution is -2.21. The van der Waals surface area contributed by atoms with Gasteiger partial charge in [-0.3, -0.25) is 4.79 Å². The van der Waals surface area contributed by atoms with Crippen molar-refractivity contribution in [1.82, 2.24) is 0 Å². The Labute approximate surface area is 79.4 Å². The minimum Gasteiger partial charge on any atom is -0.299 e. The maximum absolute atomic E-state index is 11.3. The molecule has 0 N–H and O–H groups in total. The van der Waals surface area contributed by atoms with Crippen LogP contribution in [0.3, 0.4) is 0 Å². The Hall–Kier alpha value is -0.380. The third-order valence-corrected chi connectivity index (χ3v) is 4.62. The molecule has 0 aromatic carbocycles. The van der Waals surface area contributed by atoms with Crippen LogP contribution in [-0.4, -0.2) is 25.7 Å². The van der Waals surface area contributed by atoms with E-state index in [4.69, 9.17) is 0 Å². The van der Waals surface area contributed by atoms with Gasteiger partial charge in [0, 0.05) is 12.3 Å². The molecule has 1 heterocycles. The second-order valence-electron chi connectivity index (χ2n) is 3.77. The standard InChI is InChI=1S/C9H16O3S/c1-3-9(10)7(2)8-4-5-13(11,12)6-8/h7-8H,3-6H2,1-2H3. The van der Waals surface area contributed by atoms with Gasteiger partial charge < -0.3 is 0 Å². The van der Waals surface area contributed by atoms with E-state index in [-0.39, 0.29) is 29.1 Å². The highest BCUT2D eigenvalue weighted by Gasteiger charge is 2.33. The van der Waals surface area contributed by atoms with Gasteiger partial charge in [0.2, 0.25) is 0 Å². The highest BCUT2D eigenvalue weighted by Crippen LogP contribution is 2.26. The first kappa shape index (κ1) is 10.7. The summed E-state index contributed by atoms with van der Waals surface area (Å²) in [5.74, 6) is 0.639. The van der Waals surface area contributed by atoms with Crippen LogP contribution in [0, 0.1) is 11.8 Å². The SMILES string of the molecule is CCC(=O)C(C)C1CCS(=O)(=O)C1. The van der Waals surface area contributed by atoms with Gasteiger partial charge in [-0.25, -0.2) is 8.42 Å². The van der Waals surface area contributed by atoms with Crippen LogP contribution in [0.25, 0.3) is 0 Å². The normalized spacial score (nSPS) is 28.6. The lowest BCUT2D eigenvalue weighted by Gasteiger charge is -2.14. The van der Waals surface area contributed by atoms with E-state index in [9.17, 15) is 13.2 Å². The molecule has 1 rings (SSSR count). The summed E-state index contributed by atoms with van der Waals surface area (Å²) in [5, 5.41) is 0. The van der Waals surface area contributed by atoms with Crippen molar-refractivity contribution in [2.75, 3.05) is 11.5 Å². The zero-order valence-electron chi connectivity index (χ0n) is 8.12. The number of carbonyl (C=O) groups excluding carboxylic acids is 1. The van der Waals surface area contributed by atoms with Gasteiger partial charge in [0.1, 0.15) is 5.78 Å². The van der Waals surface area contributed by atoms with E-state index >= 15 is 0 Å². The van der Waals surface area contributed by atoms with Crippen LogP contribution in [0.15, 0.2) is 0 Å². The highest BCUT2D eigenvalue weighted by atomic mass is 32.2. The zero-order valence-corrected chi connectivity index (χ0v) is 8.93. The fraction of sp³-hybridized carbons (Fsp3) is 0.889. The summed E-state index contributed by atoms with van der Waals surface area (Å²) in [6, 6.07) is 0. The van der Waals surface area contributed by atoms with E-state index in [1.54, 1.807) is 0 Å². The predicted octanol–water partition coefficient (Wildman–Crippen LogP) is 1.04. The second-order valence-corrected chi connectivity index (χ2v) is 6.00. The van der Waals surface area contributed by atoms with Crippen molar-refractivity contribution >= 4 is 15.6 Å². The Kier molecular flexibility index (Phi) is 3.11. The maximum Gasteiger partial charge on any atom is 0.150 e. The average molecular weight is 204 g/mol. The van der Waals surface area contributed by atoms with Crippen LogP contribution in [-0.2, 0) is 14.6 Å². The topological polar surface area (TPSA) is 51.2 Å². The van der Waals surface area contributed by atoms with Crippen molar-refractivity contribution in [3.63, 3.8) is 0 Å². The fourth-order valence-corrected chi connectivity index (χ4v) is 3.74. The molecule has 0 aromatic rings. The largest absolute Gasteiger partial charge is 0.299 e. The van der Waals surface area contributed by atoms with E-state index in [1.165, 1.54) is 0 Å². The van der Waals surface area contributed by atoms with Crippen molar-refractivity contribution < 1.29 is 13.2 Å². The minimum atomic E-state index is -2.83. The van der Waals surface area contributed by atoms with Crippen LogP contribution < -0.4 is 0 Å². The molecule has 1 aliphatic heterocycles. The smallest absolute Gasteiger partial charge is 0.150 e. The summed E-state index contributed by atoms with van der Waals surface area (Å²) in [4.78, 5) is 11.3. The Morgan fingerprint density at radius 3 is 2.54 bits per heavy atom. The molecule has 13 heavy (non-hydrogen) atoms. The lowest BCUT2D eigenvalue weighted by atomic mass is 9.89. The molecule has 0 bridgehead atoms. The van der Waals surface area contributed by atoms with Gasteiger partial charge >= 0.3 is 0 Å². The van der Waals surface area contributed by atoms with Crippen molar-refractivity contribution in [2.45, 2.75) is 26.7 Å². The van der Waals surface area contributed by atoms with Crippen molar-refractivity contribution in [3.05, 3.63) is 0 Å². The minimum absolute atomic E-state index is 0.0671. The van der Waals surface area contributed by atoms with Crippen LogP contribution >= 0.6 is 0 Å². The van der Waals surface area contributed by atoms with Gasteiger partial charge in [0.15, 0.2) is 9.84 Å². The third kappa shape index (κ3) is 2.53. The molecule has 0 aromatic heterocycles. The average Bonchev–Trinajstić information content (AvgIpc) is 2.43. The van der Waals surface area contributed by atoms with Crippen molar-refractivity contribution in [1.29, 1.82) is 0 Å². The first-order chi connectivity index (χ1) is 5.96. The number of Topliss-reactive ketones (excluding diaryl/α,β-unsaturated/α-hetero) is 1. The fourth-order valence-electron chi connectivity index (χ4n) is 1.80. The van der Waals surface area contributed by atoms with Gasteiger partial charge in [0.25, 0.3) is 0 Å². The van der Waals surface area contributed by atoms with Crippen molar-refractivity contribution in [2.24, 2.45) is 11.8 Å². The first-order valence-electron chi connectivity index (χ1n) is 4.69. The molecule has 0 amide bonds. The highest BCUT2D eigenvalue weighted by molar-refractivity contribution is 7.91. The lowest BCUT2D eigenvalue weighted by molar-refractivity contribution is -0.123. The molecule has 0 radical (unpaired) electrons. The van der Waals surface area contributed by atoms with Crippen LogP contribution in [0.4, 0.5) is 0 Å². The summed E-state index contributed by atoms with van der Waals surface area (Å²) in [6.45, 7) is 3.67. The molecule has 0 aliphatic carbocycles. The monoisotopic (exact) mass is 204 g/mol. The second kappa shape index (κ2) is 3.78. The number of rotatable bonds is 3. The molecule has 1 saturated heterocycles. The molecule has 0 spiro atoms. The van der Waals surface area contributed by atoms with Gasteiger partial charge in [0.05, 0.1) is 11.5 Å². The number of ketones is 1. The Morgan fingerprint density at radius 1 is 1.54 bits per heavy atom. The molecular formula is C9H16O3S. The molecule has 2 atom stereocenters. The number of hydrogen-bond acceptors (Lipinski definition) is 3. The summed E-state index contributed by atoms with van der Waals surface area (Å²) in [6.07, 6.45) is 1.17. The van der Waals surface area contributed by atoms with E-state index < -0.39 is 9.84 Å². The molecular weight excluding hydrogens is 188 g/mol. The van der Waals surface area contributed by atoms with Crippen LogP contribution in [0.5, 0.6) is 0 Å². The summed E-state index contributed by atoms with van der Waals surface area (Å²) >= 11 is 0. The molecule has 1 fully saturated rings. The van der Waals surface area contributed by atoms with Gasteiger partial charge in [-0.2, -0.15) is 0 Å². The number of sulfone groups is 1. The molecule has 1 aliphatic rings. The van der Waals surface area contributed by atoms with Crippen LogP contribution in [0.1, 0.15) is 26.7 Å². The summed E-state index contributed by atoms with van der Waals surface area (Å²) < 4.78 is 22.3. The van der Waals surface area contributed by atoms with Gasteiger partial charge in [-0.1, -0.05) is 13.8 Å². The van der Waals surface area contributed by atoms with Crippen LogP contribution in [0.2, 0.25) is 0 Å². The van der Waals surface area contributed by atoms with Gasteiger partial charge in [-0.15, -0.1) is 0 Å². The first-order valence-corrected chi connectivity index (χ1v) is 6.51. The Morgan fingerprint density at radius 2 is 2.15 bits per heavy atom. The van der Waals surface area contributed by atoms with E-state index in [0.717, 1.165) is 0 Å². The third-order valence-electron chi connectivity index (χ3n) is 2.83. The molecule has 0 saturated carbocycles. The Balaban J connectivity index is 2.61. The summed E-state index contributed by atoms with van der Waals surface area (Å²) in [7, 11) is -2.83. The molecule has 4 heteroatoms. The number of hydrogen-bond donors (Lipinski definition) is 0. The number of carbonyl (C=O) groups is 1. The molecule has 2 unspecified atom stereocenters. The summed E-state index contributed by atoms with van der Waals surface area (Å²) in [5.41, 5.74) is 0. The van der Waals surface area contributed by atoms with Crippen molar-refractivity contribution in [3.8, 4) is 0 Å². The Bertz CT molecular complexity index is 292. The zero-order chi connectivity index (χ0) is 10.1. The maximum atomic E-state index is 11.3.